The molecule has 4 aromatic heterocycles. The number of unbranched alkanes of at least 4 members (excludes halogenated alkanes) is 1. The molecule has 4 heterocycles. The summed E-state index contributed by atoms with van der Waals surface area (Å²) < 4.78 is 8.60. The molecule has 5 aromatic rings. The molecular formula is C28H28N8O2. The van der Waals surface area contributed by atoms with E-state index in [1.54, 1.807) is 35.1 Å². The average Bonchev–Trinajstić information content (AvgIpc) is 3.50. The van der Waals surface area contributed by atoms with Crippen LogP contribution in [0.5, 0.6) is 5.75 Å². The lowest BCUT2D eigenvalue weighted by atomic mass is 10.0. The normalized spacial score (nSPS) is 11.0. The number of ether oxygens (including phenoxy) is 1. The molecular weight excluding hydrogens is 480 g/mol. The number of nitrogens with zero attached hydrogens (tertiary/aromatic N) is 8. The highest BCUT2D eigenvalue weighted by Crippen LogP contribution is 2.25. The Kier molecular flexibility index (Phi) is 7.58. The summed E-state index contributed by atoms with van der Waals surface area (Å²) in [6.45, 7) is 2.72. The van der Waals surface area contributed by atoms with E-state index in [4.69, 9.17) is 4.74 Å². The van der Waals surface area contributed by atoms with Crippen molar-refractivity contribution in [3.05, 3.63) is 107 Å². The number of aromatic nitrogens is 8. The zero-order valence-electron chi connectivity index (χ0n) is 21.4. The molecule has 0 spiro atoms. The van der Waals surface area contributed by atoms with Gasteiger partial charge >= 0.3 is 0 Å². The molecule has 0 atom stereocenters. The molecule has 0 aliphatic heterocycles. The number of benzene rings is 1. The van der Waals surface area contributed by atoms with Crippen LogP contribution in [-0.4, -0.2) is 46.8 Å². The number of pyridine rings is 2. The zero-order chi connectivity index (χ0) is 26.3. The molecule has 0 aliphatic carbocycles. The molecule has 0 fully saturated rings. The molecule has 38 heavy (non-hydrogen) atoms. The lowest BCUT2D eigenvalue weighted by Gasteiger charge is -2.14. The molecule has 0 amide bonds. The van der Waals surface area contributed by atoms with Crippen LogP contribution in [0, 0.1) is 0 Å². The predicted molar refractivity (Wildman–Crippen MR) is 142 cm³/mol. The van der Waals surface area contributed by atoms with Crippen LogP contribution in [0.3, 0.4) is 0 Å². The van der Waals surface area contributed by atoms with Gasteiger partial charge < -0.3 is 4.74 Å². The van der Waals surface area contributed by atoms with Crippen LogP contribution >= 0.6 is 0 Å². The molecule has 0 bridgehead atoms. The number of hydrogen-bond donors (Lipinski definition) is 0. The summed E-state index contributed by atoms with van der Waals surface area (Å²) in [6.07, 6.45) is 9.45. The molecule has 5 rings (SSSR count). The second-order valence-corrected chi connectivity index (χ2v) is 8.86. The molecule has 0 N–H and O–H groups in total. The lowest BCUT2D eigenvalue weighted by molar-refractivity contribution is 0.412. The van der Waals surface area contributed by atoms with Crippen LogP contribution in [0.1, 0.15) is 42.5 Å². The van der Waals surface area contributed by atoms with E-state index in [1.807, 2.05) is 54.7 Å². The maximum absolute atomic E-state index is 13.5. The zero-order valence-corrected chi connectivity index (χ0v) is 21.4. The van der Waals surface area contributed by atoms with Crippen molar-refractivity contribution in [2.75, 3.05) is 7.11 Å². The largest absolute Gasteiger partial charge is 0.495 e. The highest BCUT2D eigenvalue weighted by atomic mass is 16.5. The van der Waals surface area contributed by atoms with E-state index in [0.717, 1.165) is 41.0 Å². The summed E-state index contributed by atoms with van der Waals surface area (Å²) >= 11 is 0. The molecule has 10 nitrogen and oxygen atoms in total. The second kappa shape index (κ2) is 11.5. The van der Waals surface area contributed by atoms with Crippen LogP contribution in [0.15, 0.2) is 78.2 Å². The minimum atomic E-state index is -0.0353. The van der Waals surface area contributed by atoms with Crippen molar-refractivity contribution in [3.8, 4) is 22.6 Å². The Morgan fingerprint density at radius 1 is 0.895 bits per heavy atom. The van der Waals surface area contributed by atoms with E-state index in [1.165, 1.54) is 0 Å². The number of hydrogen-bond acceptors (Lipinski definition) is 8. The van der Waals surface area contributed by atoms with Gasteiger partial charge in [0.25, 0.3) is 5.56 Å². The van der Waals surface area contributed by atoms with Gasteiger partial charge in [0.2, 0.25) is 0 Å². The Labute approximate surface area is 220 Å². The first-order chi connectivity index (χ1) is 18.7. The van der Waals surface area contributed by atoms with Crippen LogP contribution in [0.2, 0.25) is 0 Å². The Balaban J connectivity index is 1.39. The monoisotopic (exact) mass is 508 g/mol. The van der Waals surface area contributed by atoms with Gasteiger partial charge in [-0.3, -0.25) is 19.3 Å². The van der Waals surface area contributed by atoms with E-state index in [9.17, 15) is 4.79 Å². The second-order valence-electron chi connectivity index (χ2n) is 8.86. The SMILES string of the molecule is CCCCn1c(Cc2ccc(OC)cn2)ncc(Cc2ccc(-c3ccccc3-n3cnnn3)cn2)c1=O. The first-order valence-electron chi connectivity index (χ1n) is 12.5. The fraction of sp³-hybridized carbons (Fsp3) is 0.250. The minimum absolute atomic E-state index is 0.0353. The maximum atomic E-state index is 13.5. The topological polar surface area (TPSA) is 114 Å². The standard InChI is InChI=1S/C28H28N8O2/c1-3-4-13-35-27(15-23-11-12-24(38-2)18-30-23)31-17-21(28(35)37)14-22-10-9-20(16-29-22)25-7-5-6-8-26(25)36-19-32-33-34-36/h5-12,16-19H,3-4,13-15H2,1-2H3. The van der Waals surface area contributed by atoms with Crippen molar-refractivity contribution in [2.45, 2.75) is 39.2 Å². The van der Waals surface area contributed by atoms with E-state index < -0.39 is 0 Å². The summed E-state index contributed by atoms with van der Waals surface area (Å²) in [5.74, 6) is 1.39. The van der Waals surface area contributed by atoms with Crippen molar-refractivity contribution >= 4 is 0 Å². The van der Waals surface area contributed by atoms with E-state index in [2.05, 4.69) is 37.4 Å². The van der Waals surface area contributed by atoms with E-state index >= 15 is 0 Å². The smallest absolute Gasteiger partial charge is 0.257 e. The average molecular weight is 509 g/mol. The van der Waals surface area contributed by atoms with Gasteiger partial charge in [0.15, 0.2) is 0 Å². The third kappa shape index (κ3) is 5.49. The fourth-order valence-corrected chi connectivity index (χ4v) is 4.25. The Hall–Kier alpha value is -4.73. The fourth-order valence-electron chi connectivity index (χ4n) is 4.25. The van der Waals surface area contributed by atoms with Crippen molar-refractivity contribution in [1.29, 1.82) is 0 Å². The van der Waals surface area contributed by atoms with Crippen LogP contribution in [0.25, 0.3) is 16.8 Å². The van der Waals surface area contributed by atoms with Gasteiger partial charge in [-0.1, -0.05) is 37.6 Å². The molecule has 0 radical (unpaired) electrons. The highest BCUT2D eigenvalue weighted by molar-refractivity contribution is 5.72. The quantitative estimate of drug-likeness (QED) is 0.281. The Morgan fingerprint density at radius 3 is 2.42 bits per heavy atom. The Bertz CT molecular complexity index is 1550. The summed E-state index contributed by atoms with van der Waals surface area (Å²) in [5.41, 5.74) is 4.94. The summed E-state index contributed by atoms with van der Waals surface area (Å²) in [7, 11) is 1.61. The molecule has 192 valence electrons. The third-order valence-corrected chi connectivity index (χ3v) is 6.32. The summed E-state index contributed by atoms with van der Waals surface area (Å²) in [4.78, 5) is 27.3. The first-order valence-corrected chi connectivity index (χ1v) is 12.5. The highest BCUT2D eigenvalue weighted by Gasteiger charge is 2.14. The minimum Gasteiger partial charge on any atom is -0.495 e. The summed E-state index contributed by atoms with van der Waals surface area (Å²) in [6, 6.07) is 15.5. The van der Waals surface area contributed by atoms with Crippen molar-refractivity contribution in [2.24, 2.45) is 0 Å². The van der Waals surface area contributed by atoms with Gasteiger partial charge in [-0.25, -0.2) is 4.98 Å². The van der Waals surface area contributed by atoms with Gasteiger partial charge in [-0.15, -0.1) is 5.10 Å². The number of tetrazole rings is 1. The van der Waals surface area contributed by atoms with Gasteiger partial charge in [0.1, 0.15) is 17.9 Å². The number of rotatable bonds is 10. The first kappa shape index (κ1) is 24.9. The van der Waals surface area contributed by atoms with Gasteiger partial charge in [0, 0.05) is 59.9 Å². The maximum Gasteiger partial charge on any atom is 0.257 e. The van der Waals surface area contributed by atoms with Crippen molar-refractivity contribution in [1.82, 2.24) is 39.7 Å². The predicted octanol–water partition coefficient (Wildman–Crippen LogP) is 3.67. The lowest BCUT2D eigenvalue weighted by Crippen LogP contribution is -2.28. The van der Waals surface area contributed by atoms with Gasteiger partial charge in [-0.05, 0) is 41.1 Å². The van der Waals surface area contributed by atoms with Crippen molar-refractivity contribution in [3.63, 3.8) is 0 Å². The van der Waals surface area contributed by atoms with Crippen LogP contribution < -0.4 is 10.3 Å². The van der Waals surface area contributed by atoms with Crippen LogP contribution in [0.4, 0.5) is 0 Å². The van der Waals surface area contributed by atoms with Crippen LogP contribution in [-0.2, 0) is 19.4 Å². The number of para-hydroxylation sites is 1. The summed E-state index contributed by atoms with van der Waals surface area (Å²) in [5, 5.41) is 11.5. The molecule has 0 aliphatic rings. The van der Waals surface area contributed by atoms with E-state index in [-0.39, 0.29) is 5.56 Å². The molecule has 0 unspecified atom stereocenters. The van der Waals surface area contributed by atoms with E-state index in [0.29, 0.717) is 36.5 Å². The van der Waals surface area contributed by atoms with Crippen molar-refractivity contribution < 1.29 is 4.74 Å². The molecule has 0 saturated heterocycles. The molecule has 10 heteroatoms. The molecule has 0 saturated carbocycles. The number of methoxy groups -OCH3 is 1. The third-order valence-electron chi connectivity index (χ3n) is 6.32. The molecule has 1 aromatic carbocycles. The van der Waals surface area contributed by atoms with Gasteiger partial charge in [0.05, 0.1) is 19.0 Å². The Morgan fingerprint density at radius 2 is 1.71 bits per heavy atom. The van der Waals surface area contributed by atoms with Gasteiger partial charge in [-0.2, -0.15) is 4.68 Å².